The smallest absolute Gasteiger partial charge is 0.340 e. The van der Waals surface area contributed by atoms with Crippen molar-refractivity contribution in [2.24, 2.45) is 0 Å². The summed E-state index contributed by atoms with van der Waals surface area (Å²) in [5.41, 5.74) is 7.46. The minimum Gasteiger partial charge on any atom is -0.465 e. The number of nitrogens with two attached hydrogens (primary N) is 1. The van der Waals surface area contributed by atoms with Crippen LogP contribution in [0.15, 0.2) is 18.2 Å². The predicted octanol–water partition coefficient (Wildman–Crippen LogP) is 1.64. The zero-order valence-electron chi connectivity index (χ0n) is 10.6. The van der Waals surface area contributed by atoms with Gasteiger partial charge in [0.05, 0.1) is 18.8 Å². The van der Waals surface area contributed by atoms with Crippen molar-refractivity contribution in [1.29, 1.82) is 0 Å². The molecule has 0 saturated heterocycles. The van der Waals surface area contributed by atoms with E-state index in [9.17, 15) is 4.79 Å². The van der Waals surface area contributed by atoms with Crippen LogP contribution in [0.25, 0.3) is 0 Å². The van der Waals surface area contributed by atoms with Gasteiger partial charge in [-0.1, -0.05) is 0 Å². The first kappa shape index (κ1) is 12.7. The first-order valence-electron chi connectivity index (χ1n) is 5.91. The molecule has 1 fully saturated rings. The highest BCUT2D eigenvalue weighted by molar-refractivity contribution is 5.96. The molecule has 1 aliphatic rings. The maximum atomic E-state index is 11.7. The van der Waals surface area contributed by atoms with Gasteiger partial charge in [-0.15, -0.1) is 0 Å². The average Bonchev–Trinajstić information content (AvgIpc) is 2.33. The number of hydrogen-bond donors (Lipinski definition) is 2. The van der Waals surface area contributed by atoms with Gasteiger partial charge in [0.25, 0.3) is 0 Å². The van der Waals surface area contributed by atoms with Crippen molar-refractivity contribution in [3.05, 3.63) is 23.8 Å². The van der Waals surface area contributed by atoms with Crippen LogP contribution in [-0.4, -0.2) is 32.3 Å². The van der Waals surface area contributed by atoms with E-state index in [1.54, 1.807) is 19.2 Å². The molecule has 0 spiro atoms. The van der Waals surface area contributed by atoms with Crippen LogP contribution >= 0.6 is 0 Å². The van der Waals surface area contributed by atoms with Crippen LogP contribution in [0.3, 0.4) is 0 Å². The zero-order chi connectivity index (χ0) is 13.1. The Morgan fingerprint density at radius 3 is 2.72 bits per heavy atom. The van der Waals surface area contributed by atoms with Gasteiger partial charge in [0.2, 0.25) is 0 Å². The molecular formula is C13H18N2O3. The summed E-state index contributed by atoms with van der Waals surface area (Å²) < 4.78 is 9.97. The summed E-state index contributed by atoms with van der Waals surface area (Å²) in [4.78, 5) is 11.7. The molecule has 0 heterocycles. The highest BCUT2D eigenvalue weighted by Gasteiger charge is 2.29. The van der Waals surface area contributed by atoms with E-state index in [0.717, 1.165) is 18.5 Å². The van der Waals surface area contributed by atoms with E-state index in [4.69, 9.17) is 15.2 Å². The number of nitrogens with one attached hydrogen (secondary N) is 1. The Hall–Kier alpha value is -1.75. The maximum absolute atomic E-state index is 11.7. The summed E-state index contributed by atoms with van der Waals surface area (Å²) in [6, 6.07) is 5.53. The van der Waals surface area contributed by atoms with E-state index in [2.05, 4.69) is 5.32 Å². The summed E-state index contributed by atoms with van der Waals surface area (Å²) in [7, 11) is 3.07. The molecule has 0 bridgehead atoms. The minimum absolute atomic E-state index is 0.317. The SMILES string of the molecule is COC(=O)c1cc(N)ccc1NC1CC(OC)C1. The van der Waals surface area contributed by atoms with Gasteiger partial charge in [0.15, 0.2) is 0 Å². The van der Waals surface area contributed by atoms with Gasteiger partial charge in [0.1, 0.15) is 0 Å². The highest BCUT2D eigenvalue weighted by Crippen LogP contribution is 2.28. The van der Waals surface area contributed by atoms with Gasteiger partial charge in [-0.2, -0.15) is 0 Å². The van der Waals surface area contributed by atoms with Crippen molar-refractivity contribution in [3.63, 3.8) is 0 Å². The predicted molar refractivity (Wildman–Crippen MR) is 69.6 cm³/mol. The highest BCUT2D eigenvalue weighted by atomic mass is 16.5. The molecule has 0 amide bonds. The molecule has 1 aromatic carbocycles. The maximum Gasteiger partial charge on any atom is 0.340 e. The second-order valence-electron chi connectivity index (χ2n) is 4.47. The van der Waals surface area contributed by atoms with Crippen LogP contribution in [0.2, 0.25) is 0 Å². The van der Waals surface area contributed by atoms with Gasteiger partial charge in [0, 0.05) is 24.5 Å². The molecule has 5 heteroatoms. The molecule has 0 radical (unpaired) electrons. The summed E-state index contributed by atoms with van der Waals surface area (Å²) >= 11 is 0. The largest absolute Gasteiger partial charge is 0.465 e. The van der Waals surface area contributed by atoms with Crippen LogP contribution < -0.4 is 11.1 Å². The van der Waals surface area contributed by atoms with Crippen LogP contribution in [0.5, 0.6) is 0 Å². The fourth-order valence-corrected chi connectivity index (χ4v) is 2.06. The second kappa shape index (κ2) is 5.27. The molecule has 0 aromatic heterocycles. The number of ether oxygens (including phenoxy) is 2. The molecule has 0 unspecified atom stereocenters. The Labute approximate surface area is 106 Å². The van der Waals surface area contributed by atoms with Crippen molar-refractivity contribution < 1.29 is 14.3 Å². The topological polar surface area (TPSA) is 73.6 Å². The Kier molecular flexibility index (Phi) is 3.72. The van der Waals surface area contributed by atoms with Gasteiger partial charge in [-0.25, -0.2) is 4.79 Å². The molecule has 1 aliphatic carbocycles. The van der Waals surface area contributed by atoms with Gasteiger partial charge >= 0.3 is 5.97 Å². The summed E-state index contributed by atoms with van der Waals surface area (Å²) in [6.07, 6.45) is 2.21. The van der Waals surface area contributed by atoms with Gasteiger partial charge < -0.3 is 20.5 Å². The van der Waals surface area contributed by atoms with Crippen LogP contribution in [0.4, 0.5) is 11.4 Å². The Morgan fingerprint density at radius 1 is 1.39 bits per heavy atom. The van der Waals surface area contributed by atoms with Crippen LogP contribution in [0, 0.1) is 0 Å². The number of esters is 1. The molecule has 5 nitrogen and oxygen atoms in total. The number of carbonyl (C=O) groups excluding carboxylic acids is 1. The Bertz CT molecular complexity index is 442. The van der Waals surface area contributed by atoms with Crippen molar-refractivity contribution in [2.75, 3.05) is 25.3 Å². The summed E-state index contributed by atoms with van der Waals surface area (Å²) in [5.74, 6) is -0.382. The molecule has 1 saturated carbocycles. The third-order valence-corrected chi connectivity index (χ3v) is 3.24. The first-order valence-corrected chi connectivity index (χ1v) is 5.91. The van der Waals surface area contributed by atoms with Crippen LogP contribution in [0.1, 0.15) is 23.2 Å². The standard InChI is InChI=1S/C13H18N2O3/c1-17-10-6-9(7-10)15-12-4-3-8(14)5-11(12)13(16)18-2/h3-5,9-10,15H,6-7,14H2,1-2H3. The number of methoxy groups -OCH3 is 2. The number of carbonyl (C=O) groups is 1. The summed E-state index contributed by atoms with van der Waals surface area (Å²) in [5, 5.41) is 3.32. The number of benzene rings is 1. The van der Waals surface area contributed by atoms with E-state index >= 15 is 0 Å². The average molecular weight is 250 g/mol. The lowest BCUT2D eigenvalue weighted by molar-refractivity contribution is 0.0328. The van der Waals surface area contributed by atoms with Crippen LogP contribution in [-0.2, 0) is 9.47 Å². The number of anilines is 2. The Balaban J connectivity index is 2.10. The minimum atomic E-state index is -0.382. The number of nitrogen functional groups attached to an aromatic ring is 1. The second-order valence-corrected chi connectivity index (χ2v) is 4.47. The first-order chi connectivity index (χ1) is 8.63. The van der Waals surface area contributed by atoms with E-state index < -0.39 is 0 Å². The quantitative estimate of drug-likeness (QED) is 0.628. The van der Waals surface area contributed by atoms with E-state index in [1.165, 1.54) is 7.11 Å². The summed E-state index contributed by atoms with van der Waals surface area (Å²) in [6.45, 7) is 0. The lowest BCUT2D eigenvalue weighted by Crippen LogP contribution is -2.40. The number of hydrogen-bond acceptors (Lipinski definition) is 5. The van der Waals surface area contributed by atoms with Crippen molar-refractivity contribution in [3.8, 4) is 0 Å². The third kappa shape index (κ3) is 2.56. The van der Waals surface area contributed by atoms with E-state index in [0.29, 0.717) is 23.4 Å². The lowest BCUT2D eigenvalue weighted by Gasteiger charge is -2.35. The van der Waals surface area contributed by atoms with Gasteiger partial charge in [-0.05, 0) is 31.0 Å². The van der Waals surface area contributed by atoms with Crippen molar-refractivity contribution in [1.82, 2.24) is 0 Å². The van der Waals surface area contributed by atoms with Crippen molar-refractivity contribution in [2.45, 2.75) is 25.0 Å². The normalized spacial score (nSPS) is 22.1. The fraction of sp³-hybridized carbons (Fsp3) is 0.462. The molecule has 98 valence electrons. The van der Waals surface area contributed by atoms with E-state index in [-0.39, 0.29) is 5.97 Å². The molecular weight excluding hydrogens is 232 g/mol. The molecule has 2 rings (SSSR count). The van der Waals surface area contributed by atoms with E-state index in [1.807, 2.05) is 6.07 Å². The monoisotopic (exact) mass is 250 g/mol. The zero-order valence-corrected chi connectivity index (χ0v) is 10.6. The third-order valence-electron chi connectivity index (χ3n) is 3.24. The molecule has 3 N–H and O–H groups in total. The number of rotatable bonds is 4. The lowest BCUT2D eigenvalue weighted by atomic mass is 9.89. The molecule has 0 atom stereocenters. The van der Waals surface area contributed by atoms with Gasteiger partial charge in [-0.3, -0.25) is 0 Å². The molecule has 0 aliphatic heterocycles. The molecule has 18 heavy (non-hydrogen) atoms. The Morgan fingerprint density at radius 2 is 2.11 bits per heavy atom. The fourth-order valence-electron chi connectivity index (χ4n) is 2.06. The van der Waals surface area contributed by atoms with Crippen molar-refractivity contribution >= 4 is 17.3 Å². The molecule has 1 aromatic rings.